The number of methoxy groups -OCH3 is 1. The maximum Gasteiger partial charge on any atom is 0.387 e. The fourth-order valence-electron chi connectivity index (χ4n) is 3.97. The van der Waals surface area contributed by atoms with Crippen LogP contribution in [0.1, 0.15) is 40.4 Å². The lowest BCUT2D eigenvalue weighted by molar-refractivity contribution is -0.0515. The van der Waals surface area contributed by atoms with Gasteiger partial charge < -0.3 is 34.6 Å². The van der Waals surface area contributed by atoms with Crippen molar-refractivity contribution in [2.75, 3.05) is 32.2 Å². The van der Waals surface area contributed by atoms with Gasteiger partial charge in [-0.3, -0.25) is 4.79 Å². The Kier molecular flexibility index (Phi) is 11.2. The molecule has 230 valence electrons. The van der Waals surface area contributed by atoms with E-state index in [-0.39, 0.29) is 39.1 Å². The van der Waals surface area contributed by atoms with Crippen molar-refractivity contribution in [3.63, 3.8) is 0 Å². The van der Waals surface area contributed by atoms with Gasteiger partial charge in [0.15, 0.2) is 11.5 Å². The summed E-state index contributed by atoms with van der Waals surface area (Å²) in [6.45, 7) is -2.10. The molecule has 1 atom stereocenters. The lowest BCUT2D eigenvalue weighted by atomic mass is 10.0. The van der Waals surface area contributed by atoms with Crippen LogP contribution < -0.4 is 25.7 Å². The molecule has 10 nitrogen and oxygen atoms in total. The molecule has 0 aliphatic heterocycles. The predicted molar refractivity (Wildman–Crippen MR) is 156 cm³/mol. The molecule has 2 amide bonds. The van der Waals surface area contributed by atoms with Crippen LogP contribution in [0.4, 0.5) is 19.3 Å². The van der Waals surface area contributed by atoms with Crippen LogP contribution in [0.2, 0.25) is 10.0 Å². The van der Waals surface area contributed by atoms with E-state index in [0.29, 0.717) is 36.9 Å². The normalized spacial score (nSPS) is 13.3. The van der Waals surface area contributed by atoms with Gasteiger partial charge in [-0.15, -0.1) is 0 Å². The number of rotatable bonds is 14. The fraction of sp³-hybridized carbons (Fsp3) is 0.345. The van der Waals surface area contributed by atoms with Crippen molar-refractivity contribution in [1.82, 2.24) is 10.3 Å². The Morgan fingerprint density at radius 2 is 1.84 bits per heavy atom. The second-order valence-corrected chi connectivity index (χ2v) is 10.4. The minimum atomic E-state index is -3.08. The van der Waals surface area contributed by atoms with Crippen molar-refractivity contribution in [3.05, 3.63) is 85.8 Å². The van der Waals surface area contributed by atoms with Crippen molar-refractivity contribution in [2.45, 2.75) is 32.0 Å². The minimum absolute atomic E-state index is 0.0491. The van der Waals surface area contributed by atoms with E-state index < -0.39 is 30.3 Å². The molecule has 0 bridgehead atoms. The number of pyridine rings is 1. The highest BCUT2D eigenvalue weighted by atomic mass is 35.5. The standard InChI is InChI=1S/C29H29Cl2F2N3O7/c1-40-11-10-34-29(39)36-19-7-4-17(5-8-19)27(38)42-23(13-20-21(30)14-35-26(37)25(20)31)18-6-9-22(43-28(32)33)24(12-18)41-15-16-2-3-16/h4-9,12,14,16,23,28H,2-3,10-11,13,15H2,1H3,(H,35,37)(H2,34,36,39). The van der Waals surface area contributed by atoms with Crippen LogP contribution in [0.3, 0.4) is 0 Å². The van der Waals surface area contributed by atoms with Crippen LogP contribution in [0.25, 0.3) is 0 Å². The summed E-state index contributed by atoms with van der Waals surface area (Å²) >= 11 is 12.6. The van der Waals surface area contributed by atoms with Crippen LogP contribution in [0.15, 0.2) is 53.5 Å². The summed E-state index contributed by atoms with van der Waals surface area (Å²) in [5, 5.41) is 5.20. The molecular formula is C29H29Cl2F2N3O7. The van der Waals surface area contributed by atoms with Crippen LogP contribution in [-0.2, 0) is 15.9 Å². The van der Waals surface area contributed by atoms with Crippen molar-refractivity contribution in [3.8, 4) is 11.5 Å². The first-order chi connectivity index (χ1) is 20.6. The molecule has 0 radical (unpaired) electrons. The average molecular weight is 640 g/mol. The molecule has 3 N–H and O–H groups in total. The van der Waals surface area contributed by atoms with Gasteiger partial charge in [0.2, 0.25) is 0 Å². The summed E-state index contributed by atoms with van der Waals surface area (Å²) in [4.78, 5) is 39.8. The zero-order valence-corrected chi connectivity index (χ0v) is 24.5. The smallest absolute Gasteiger partial charge is 0.387 e. The average Bonchev–Trinajstić information content (AvgIpc) is 3.81. The third-order valence-electron chi connectivity index (χ3n) is 6.42. The first kappa shape index (κ1) is 32.1. The summed E-state index contributed by atoms with van der Waals surface area (Å²) in [6, 6.07) is 9.70. The molecule has 0 spiro atoms. The van der Waals surface area contributed by atoms with Gasteiger partial charge in [-0.25, -0.2) is 9.59 Å². The number of hydrogen-bond acceptors (Lipinski definition) is 7. The predicted octanol–water partition coefficient (Wildman–Crippen LogP) is 5.98. The number of alkyl halides is 2. The zero-order valence-electron chi connectivity index (χ0n) is 23.0. The summed E-state index contributed by atoms with van der Waals surface area (Å²) in [5.74, 6) is -0.551. The van der Waals surface area contributed by atoms with E-state index in [2.05, 4.69) is 20.4 Å². The van der Waals surface area contributed by atoms with Gasteiger partial charge in [-0.2, -0.15) is 8.78 Å². The first-order valence-electron chi connectivity index (χ1n) is 13.3. The van der Waals surface area contributed by atoms with Crippen LogP contribution in [0.5, 0.6) is 11.5 Å². The molecule has 43 heavy (non-hydrogen) atoms. The highest BCUT2D eigenvalue weighted by Gasteiger charge is 2.26. The summed E-state index contributed by atoms with van der Waals surface area (Å²) in [6.07, 6.45) is 2.02. The van der Waals surface area contributed by atoms with Crippen molar-refractivity contribution in [1.29, 1.82) is 0 Å². The van der Waals surface area contributed by atoms with Gasteiger partial charge in [0.25, 0.3) is 5.56 Å². The Hall–Kier alpha value is -3.87. The maximum absolute atomic E-state index is 13.3. The van der Waals surface area contributed by atoms with E-state index in [9.17, 15) is 23.2 Å². The number of amides is 2. The van der Waals surface area contributed by atoms with E-state index in [1.54, 1.807) is 0 Å². The van der Waals surface area contributed by atoms with Crippen molar-refractivity contribution < 1.29 is 37.3 Å². The zero-order chi connectivity index (χ0) is 30.9. The SMILES string of the molecule is COCCNC(=O)Nc1ccc(C(=O)OC(Cc2c(Cl)c[nH]c(=O)c2Cl)c2ccc(OC(F)F)c(OCC3CC3)c2)cc1. The highest BCUT2D eigenvalue weighted by molar-refractivity contribution is 6.35. The topological polar surface area (TPSA) is 128 Å². The van der Waals surface area contributed by atoms with Gasteiger partial charge in [-0.1, -0.05) is 29.3 Å². The van der Waals surface area contributed by atoms with Gasteiger partial charge in [0.1, 0.15) is 11.1 Å². The Labute approximate surface area is 255 Å². The summed E-state index contributed by atoms with van der Waals surface area (Å²) in [5.41, 5.74) is 0.574. The minimum Gasteiger partial charge on any atom is -0.489 e. The van der Waals surface area contributed by atoms with Crippen molar-refractivity contribution in [2.24, 2.45) is 5.92 Å². The molecule has 1 aromatic heterocycles. The van der Waals surface area contributed by atoms with E-state index in [1.807, 2.05) is 0 Å². The Bertz CT molecular complexity index is 1480. The van der Waals surface area contributed by atoms with Gasteiger partial charge in [-0.05, 0) is 60.7 Å². The fourth-order valence-corrected chi connectivity index (χ4v) is 4.48. The largest absolute Gasteiger partial charge is 0.489 e. The second kappa shape index (κ2) is 15.0. The van der Waals surface area contributed by atoms with E-state index >= 15 is 0 Å². The molecule has 1 heterocycles. The lowest BCUT2D eigenvalue weighted by Gasteiger charge is -2.21. The number of esters is 1. The summed E-state index contributed by atoms with van der Waals surface area (Å²) in [7, 11) is 1.52. The third kappa shape index (κ3) is 9.31. The number of H-pyrrole nitrogens is 1. The number of carbonyl (C=O) groups is 2. The quantitative estimate of drug-likeness (QED) is 0.146. The number of hydrogen-bond donors (Lipinski definition) is 3. The number of aromatic nitrogens is 1. The monoisotopic (exact) mass is 639 g/mol. The van der Waals surface area contributed by atoms with Crippen LogP contribution >= 0.6 is 23.2 Å². The van der Waals surface area contributed by atoms with E-state index in [4.69, 9.17) is 37.4 Å². The molecule has 4 rings (SSSR count). The van der Waals surface area contributed by atoms with Gasteiger partial charge in [0, 0.05) is 37.5 Å². The van der Waals surface area contributed by atoms with Crippen LogP contribution in [-0.4, -0.2) is 50.5 Å². The van der Waals surface area contributed by atoms with E-state index in [0.717, 1.165) is 12.8 Å². The third-order valence-corrected chi connectivity index (χ3v) is 7.16. The number of anilines is 1. The molecule has 1 saturated carbocycles. The van der Waals surface area contributed by atoms with Crippen LogP contribution in [0, 0.1) is 5.92 Å². The maximum atomic E-state index is 13.3. The van der Waals surface area contributed by atoms with E-state index in [1.165, 1.54) is 55.8 Å². The molecule has 1 fully saturated rings. The summed E-state index contributed by atoms with van der Waals surface area (Å²) < 4.78 is 47.3. The number of halogens is 4. The molecule has 2 aromatic carbocycles. The molecule has 0 saturated heterocycles. The highest BCUT2D eigenvalue weighted by Crippen LogP contribution is 2.37. The number of aromatic amines is 1. The van der Waals surface area contributed by atoms with Crippen molar-refractivity contribution >= 4 is 40.9 Å². The number of ether oxygens (including phenoxy) is 4. The molecular weight excluding hydrogens is 611 g/mol. The lowest BCUT2D eigenvalue weighted by Crippen LogP contribution is -2.31. The Balaban J connectivity index is 1.59. The molecule has 1 unspecified atom stereocenters. The molecule has 1 aliphatic carbocycles. The van der Waals surface area contributed by atoms with Gasteiger partial charge >= 0.3 is 18.6 Å². The number of nitrogens with one attached hydrogen (secondary N) is 3. The number of benzene rings is 2. The second-order valence-electron chi connectivity index (χ2n) is 9.65. The molecule has 1 aliphatic rings. The van der Waals surface area contributed by atoms with Gasteiger partial charge in [0.05, 0.1) is 23.8 Å². The number of carbonyl (C=O) groups excluding carboxylic acids is 2. The Morgan fingerprint density at radius 3 is 2.51 bits per heavy atom. The molecule has 14 heteroatoms. The Morgan fingerprint density at radius 1 is 1.09 bits per heavy atom. The molecule has 3 aromatic rings. The number of urea groups is 1. The first-order valence-corrected chi connectivity index (χ1v) is 14.0.